The topological polar surface area (TPSA) is 38.7 Å². The van der Waals surface area contributed by atoms with Crippen molar-refractivity contribution in [3.05, 3.63) is 23.8 Å². The van der Waals surface area contributed by atoms with Crippen LogP contribution < -0.4 is 4.74 Å². The summed E-state index contributed by atoms with van der Waals surface area (Å²) >= 11 is 0. The van der Waals surface area contributed by atoms with E-state index >= 15 is 0 Å². The highest BCUT2D eigenvalue weighted by Crippen LogP contribution is 2.27. The maximum absolute atomic E-state index is 9.55. The third-order valence-electron chi connectivity index (χ3n) is 3.04. The minimum Gasteiger partial charge on any atom is -0.504 e. The molecule has 0 radical (unpaired) electrons. The number of phenols is 1. The van der Waals surface area contributed by atoms with Crippen LogP contribution in [0, 0.1) is 0 Å². The van der Waals surface area contributed by atoms with Crippen LogP contribution in [0.15, 0.2) is 18.2 Å². The summed E-state index contributed by atoms with van der Waals surface area (Å²) in [6.07, 6.45) is 2.42. The Kier molecular flexibility index (Phi) is 5.88. The quantitative estimate of drug-likeness (QED) is 0.769. The van der Waals surface area contributed by atoms with Crippen molar-refractivity contribution >= 4 is 8.32 Å². The fourth-order valence-electron chi connectivity index (χ4n) is 2.29. The molecule has 1 N–H and O–H groups in total. The molecule has 0 spiro atoms. The third kappa shape index (κ3) is 5.66. The van der Waals surface area contributed by atoms with E-state index in [-0.39, 0.29) is 5.75 Å². The van der Waals surface area contributed by atoms with Gasteiger partial charge in [-0.1, -0.05) is 6.07 Å². The first-order chi connectivity index (χ1) is 8.84. The highest BCUT2D eigenvalue weighted by molar-refractivity contribution is 6.71. The van der Waals surface area contributed by atoms with Gasteiger partial charge in [0.2, 0.25) is 0 Å². The van der Waals surface area contributed by atoms with E-state index in [1.807, 2.05) is 12.1 Å². The van der Waals surface area contributed by atoms with Crippen molar-refractivity contribution in [1.82, 2.24) is 0 Å². The summed E-state index contributed by atoms with van der Waals surface area (Å²) in [5, 5.41) is 9.55. The van der Waals surface area contributed by atoms with Crippen molar-refractivity contribution in [2.75, 3.05) is 7.11 Å². The van der Waals surface area contributed by atoms with Gasteiger partial charge in [0.15, 0.2) is 19.8 Å². The number of hydrogen-bond donors (Lipinski definition) is 1. The molecule has 1 aromatic rings. The lowest BCUT2D eigenvalue weighted by molar-refractivity contribution is 0.231. The monoisotopic (exact) mass is 282 g/mol. The lowest BCUT2D eigenvalue weighted by atomic mass is 10.1. The second-order valence-corrected chi connectivity index (χ2v) is 10.0. The second-order valence-electron chi connectivity index (χ2n) is 5.79. The van der Waals surface area contributed by atoms with Gasteiger partial charge in [0, 0.05) is 6.10 Å². The molecule has 0 saturated heterocycles. The highest BCUT2D eigenvalue weighted by Gasteiger charge is 2.23. The van der Waals surface area contributed by atoms with Gasteiger partial charge in [-0.2, -0.15) is 0 Å². The zero-order valence-electron chi connectivity index (χ0n) is 12.7. The first kappa shape index (κ1) is 16.1. The lowest BCUT2D eigenvalue weighted by Crippen LogP contribution is -2.33. The zero-order chi connectivity index (χ0) is 14.5. The molecular formula is C15H26O3Si. The largest absolute Gasteiger partial charge is 0.504 e. The molecular weight excluding hydrogens is 256 g/mol. The van der Waals surface area contributed by atoms with Gasteiger partial charge >= 0.3 is 0 Å². The van der Waals surface area contributed by atoms with Crippen LogP contribution in [0.5, 0.6) is 11.5 Å². The van der Waals surface area contributed by atoms with Gasteiger partial charge in [-0.15, -0.1) is 0 Å². The fourth-order valence-corrected chi connectivity index (χ4v) is 4.71. The van der Waals surface area contributed by atoms with Crippen LogP contribution in [0.25, 0.3) is 0 Å². The number of aryl methyl sites for hydroxylation is 1. The molecule has 0 aliphatic heterocycles. The smallest absolute Gasteiger partial charge is 0.187 e. The maximum Gasteiger partial charge on any atom is 0.187 e. The lowest BCUT2D eigenvalue weighted by Gasteiger charge is -2.25. The van der Waals surface area contributed by atoms with Crippen LogP contribution in [0.2, 0.25) is 19.1 Å². The molecule has 19 heavy (non-hydrogen) atoms. The van der Waals surface area contributed by atoms with Crippen LogP contribution in [-0.4, -0.2) is 26.6 Å². The second kappa shape index (κ2) is 6.96. The number of rotatable bonds is 7. The number of hydrogen-bond acceptors (Lipinski definition) is 3. The number of ether oxygens (including phenoxy) is 1. The minimum atomic E-state index is -1.53. The predicted molar refractivity (Wildman–Crippen MR) is 81.5 cm³/mol. The molecule has 0 aromatic heterocycles. The summed E-state index contributed by atoms with van der Waals surface area (Å²) in [5.41, 5.74) is 1.20. The average molecular weight is 282 g/mol. The fraction of sp³-hybridized carbons (Fsp3) is 0.600. The normalized spacial score (nSPS) is 11.9. The summed E-state index contributed by atoms with van der Waals surface area (Å²) in [5.74, 6) is 0.747. The zero-order valence-corrected chi connectivity index (χ0v) is 13.7. The standard InChI is InChI=1S/C15H26O3Si/c1-12(2)18-19(4,5)10-6-7-13-8-9-14(16)15(11-13)17-3/h8-9,11-12,16H,6-7,10H2,1-5H3. The first-order valence-electron chi connectivity index (χ1n) is 6.88. The van der Waals surface area contributed by atoms with Crippen LogP contribution >= 0.6 is 0 Å². The van der Waals surface area contributed by atoms with Crippen LogP contribution in [0.3, 0.4) is 0 Å². The number of methoxy groups -OCH3 is 1. The van der Waals surface area contributed by atoms with Crippen molar-refractivity contribution in [1.29, 1.82) is 0 Å². The number of aromatic hydroxyl groups is 1. The summed E-state index contributed by atoms with van der Waals surface area (Å²) in [6.45, 7) is 8.73. The summed E-state index contributed by atoms with van der Waals surface area (Å²) in [6, 6.07) is 6.71. The van der Waals surface area contributed by atoms with E-state index in [9.17, 15) is 5.11 Å². The van der Waals surface area contributed by atoms with Gasteiger partial charge in [0.1, 0.15) is 0 Å². The Morgan fingerprint density at radius 1 is 1.26 bits per heavy atom. The Morgan fingerprint density at radius 2 is 1.95 bits per heavy atom. The molecule has 0 atom stereocenters. The van der Waals surface area contributed by atoms with E-state index in [4.69, 9.17) is 9.16 Å². The van der Waals surface area contributed by atoms with E-state index in [2.05, 4.69) is 26.9 Å². The van der Waals surface area contributed by atoms with Crippen molar-refractivity contribution in [2.24, 2.45) is 0 Å². The molecule has 108 valence electrons. The van der Waals surface area contributed by atoms with Gasteiger partial charge in [-0.3, -0.25) is 0 Å². The van der Waals surface area contributed by atoms with E-state index < -0.39 is 8.32 Å². The van der Waals surface area contributed by atoms with Crippen molar-refractivity contribution in [2.45, 2.75) is 51.9 Å². The molecule has 0 amide bonds. The van der Waals surface area contributed by atoms with E-state index in [0.717, 1.165) is 18.9 Å². The van der Waals surface area contributed by atoms with E-state index in [1.54, 1.807) is 13.2 Å². The molecule has 0 unspecified atom stereocenters. The molecule has 3 nitrogen and oxygen atoms in total. The maximum atomic E-state index is 9.55. The Balaban J connectivity index is 2.49. The molecule has 1 aromatic carbocycles. The van der Waals surface area contributed by atoms with Crippen LogP contribution in [-0.2, 0) is 10.8 Å². The average Bonchev–Trinajstić information content (AvgIpc) is 2.29. The predicted octanol–water partition coefficient (Wildman–Crippen LogP) is 3.96. The molecule has 1 rings (SSSR count). The number of benzene rings is 1. The SMILES string of the molecule is COc1cc(CCC[Si](C)(C)OC(C)C)ccc1O. The Bertz CT molecular complexity index is 402. The minimum absolute atomic E-state index is 0.198. The molecule has 0 saturated carbocycles. The van der Waals surface area contributed by atoms with Gasteiger partial charge < -0.3 is 14.3 Å². The molecule has 4 heteroatoms. The van der Waals surface area contributed by atoms with E-state index in [0.29, 0.717) is 11.9 Å². The molecule has 0 aliphatic rings. The van der Waals surface area contributed by atoms with Crippen molar-refractivity contribution < 1.29 is 14.3 Å². The van der Waals surface area contributed by atoms with Crippen LogP contribution in [0.4, 0.5) is 0 Å². The Hall–Kier alpha value is -1.00. The van der Waals surface area contributed by atoms with Gasteiger partial charge in [0.05, 0.1) is 7.11 Å². The number of phenolic OH excluding ortho intramolecular Hbond substituents is 1. The van der Waals surface area contributed by atoms with Crippen molar-refractivity contribution in [3.63, 3.8) is 0 Å². The van der Waals surface area contributed by atoms with Crippen LogP contribution in [0.1, 0.15) is 25.8 Å². The van der Waals surface area contributed by atoms with E-state index in [1.165, 1.54) is 5.56 Å². The summed E-state index contributed by atoms with van der Waals surface area (Å²) < 4.78 is 11.1. The Labute approximate surface area is 117 Å². The summed E-state index contributed by atoms with van der Waals surface area (Å²) in [4.78, 5) is 0. The summed E-state index contributed by atoms with van der Waals surface area (Å²) in [7, 11) is 0.0410. The van der Waals surface area contributed by atoms with Gasteiger partial charge in [-0.25, -0.2) is 0 Å². The Morgan fingerprint density at radius 3 is 2.53 bits per heavy atom. The molecule has 0 bridgehead atoms. The first-order valence-corrected chi connectivity index (χ1v) is 9.99. The highest BCUT2D eigenvalue weighted by atomic mass is 28.4. The molecule has 0 aliphatic carbocycles. The molecule has 0 fully saturated rings. The molecule has 0 heterocycles. The third-order valence-corrected chi connectivity index (χ3v) is 5.71. The van der Waals surface area contributed by atoms with Gasteiger partial charge in [-0.05, 0) is 63.5 Å². The van der Waals surface area contributed by atoms with Crippen molar-refractivity contribution in [3.8, 4) is 11.5 Å². The van der Waals surface area contributed by atoms with Gasteiger partial charge in [0.25, 0.3) is 0 Å².